The second kappa shape index (κ2) is 6.59. The largest absolute Gasteiger partial charge is 0.328 e. The van der Waals surface area contributed by atoms with Crippen LogP contribution in [0, 0.1) is 5.92 Å². The number of nitrogens with two attached hydrogens (primary N) is 1. The Hall–Kier alpha value is -0.110. The average Bonchev–Trinajstić information content (AvgIpc) is 1.86. The lowest BCUT2D eigenvalue weighted by Crippen LogP contribution is -2.18. The summed E-state index contributed by atoms with van der Waals surface area (Å²) in [5.74, 6) is 0.654. The van der Waals surface area contributed by atoms with Crippen molar-refractivity contribution < 1.29 is 4.39 Å². The highest BCUT2D eigenvalue weighted by atomic mass is 19.1. The quantitative estimate of drug-likeness (QED) is 0.595. The summed E-state index contributed by atoms with van der Waals surface area (Å²) < 4.78 is 11.7. The minimum atomic E-state index is -0.176. The third kappa shape index (κ3) is 7.79. The number of hydrogen-bond donors (Lipinski definition) is 1. The lowest BCUT2D eigenvalue weighted by molar-refractivity contribution is 0.401. The highest BCUT2D eigenvalue weighted by Crippen LogP contribution is 2.12. The van der Waals surface area contributed by atoms with E-state index in [2.05, 4.69) is 6.92 Å². The van der Waals surface area contributed by atoms with Crippen molar-refractivity contribution in [3.05, 3.63) is 0 Å². The lowest BCUT2D eigenvalue weighted by atomic mass is 9.97. The van der Waals surface area contributed by atoms with Gasteiger partial charge >= 0.3 is 0 Å². The van der Waals surface area contributed by atoms with E-state index >= 15 is 0 Å². The lowest BCUT2D eigenvalue weighted by Gasteiger charge is -2.12. The fourth-order valence-corrected chi connectivity index (χ4v) is 1.34. The van der Waals surface area contributed by atoms with E-state index in [1.165, 1.54) is 0 Å². The maximum atomic E-state index is 11.7. The summed E-state index contributed by atoms with van der Waals surface area (Å²) in [6, 6.07) is 0.287. The van der Waals surface area contributed by atoms with Crippen LogP contribution in [-0.2, 0) is 0 Å². The maximum absolute atomic E-state index is 11.7. The zero-order valence-electron chi connectivity index (χ0n) is 7.65. The zero-order chi connectivity index (χ0) is 8.69. The minimum Gasteiger partial charge on any atom is -0.328 e. The minimum absolute atomic E-state index is 0.176. The smallest absolute Gasteiger partial charge is 0.0894 e. The van der Waals surface area contributed by atoms with Crippen molar-refractivity contribution in [3.63, 3.8) is 0 Å². The van der Waals surface area contributed by atoms with E-state index < -0.39 is 0 Å². The van der Waals surface area contributed by atoms with Gasteiger partial charge in [-0.25, -0.2) is 0 Å². The molecular formula is C9H20FN. The van der Waals surface area contributed by atoms with Crippen molar-refractivity contribution in [1.29, 1.82) is 0 Å². The summed E-state index contributed by atoms with van der Waals surface area (Å²) in [5.41, 5.74) is 5.62. The molecule has 0 saturated carbocycles. The first-order chi connectivity index (χ1) is 5.16. The highest BCUT2D eigenvalue weighted by Gasteiger charge is 2.04. The predicted octanol–water partition coefficient (Wildman–Crippen LogP) is 2.50. The van der Waals surface area contributed by atoms with E-state index in [-0.39, 0.29) is 12.7 Å². The van der Waals surface area contributed by atoms with Gasteiger partial charge in [0, 0.05) is 6.04 Å². The molecule has 0 aliphatic carbocycles. The van der Waals surface area contributed by atoms with E-state index in [0.29, 0.717) is 12.3 Å². The van der Waals surface area contributed by atoms with Gasteiger partial charge in [-0.2, -0.15) is 0 Å². The highest BCUT2D eigenvalue weighted by molar-refractivity contribution is 4.60. The summed E-state index contributed by atoms with van der Waals surface area (Å²) in [4.78, 5) is 0. The summed E-state index contributed by atoms with van der Waals surface area (Å²) >= 11 is 0. The van der Waals surface area contributed by atoms with Crippen molar-refractivity contribution in [2.45, 2.75) is 45.6 Å². The molecule has 0 aliphatic heterocycles. The first-order valence-electron chi connectivity index (χ1n) is 4.48. The molecule has 0 bridgehead atoms. The van der Waals surface area contributed by atoms with E-state index in [4.69, 9.17) is 5.73 Å². The summed E-state index contributed by atoms with van der Waals surface area (Å²) in [7, 11) is 0. The Balaban J connectivity index is 3.15. The fraction of sp³-hybridized carbons (Fsp3) is 1.00. The topological polar surface area (TPSA) is 26.0 Å². The van der Waals surface area contributed by atoms with E-state index in [9.17, 15) is 4.39 Å². The van der Waals surface area contributed by atoms with Crippen molar-refractivity contribution in [2.75, 3.05) is 6.67 Å². The standard InChI is InChI=1S/C9H20FN/c1-8(7-9(2)11)5-3-4-6-10/h8-9H,3-7,11H2,1-2H3. The third-order valence-corrected chi connectivity index (χ3v) is 1.85. The normalized spacial score (nSPS) is 16.4. The van der Waals surface area contributed by atoms with Gasteiger partial charge in [0.25, 0.3) is 0 Å². The van der Waals surface area contributed by atoms with Crippen LogP contribution in [0.1, 0.15) is 39.5 Å². The van der Waals surface area contributed by atoms with Gasteiger partial charge in [0.2, 0.25) is 0 Å². The van der Waals surface area contributed by atoms with Crippen LogP contribution in [0.4, 0.5) is 4.39 Å². The van der Waals surface area contributed by atoms with E-state index in [1.807, 2.05) is 6.92 Å². The van der Waals surface area contributed by atoms with Gasteiger partial charge < -0.3 is 5.73 Å². The Bertz CT molecular complexity index is 83.6. The Morgan fingerprint density at radius 1 is 1.27 bits per heavy atom. The summed E-state index contributed by atoms with van der Waals surface area (Å²) in [5, 5.41) is 0. The molecule has 0 saturated heterocycles. The molecule has 0 rings (SSSR count). The maximum Gasteiger partial charge on any atom is 0.0894 e. The summed E-state index contributed by atoms with van der Waals surface area (Å²) in [6.45, 7) is 4.03. The van der Waals surface area contributed by atoms with Crippen LogP contribution in [0.15, 0.2) is 0 Å². The van der Waals surface area contributed by atoms with Gasteiger partial charge in [0.05, 0.1) is 6.67 Å². The number of rotatable bonds is 6. The first-order valence-corrected chi connectivity index (χ1v) is 4.48. The molecule has 0 radical (unpaired) electrons. The van der Waals surface area contributed by atoms with Crippen LogP contribution in [0.2, 0.25) is 0 Å². The molecule has 11 heavy (non-hydrogen) atoms. The van der Waals surface area contributed by atoms with Gasteiger partial charge in [-0.3, -0.25) is 4.39 Å². The number of unbranched alkanes of at least 4 members (excludes halogenated alkanes) is 1. The molecule has 0 amide bonds. The van der Waals surface area contributed by atoms with Crippen LogP contribution >= 0.6 is 0 Å². The number of alkyl halides is 1. The van der Waals surface area contributed by atoms with Crippen LogP contribution < -0.4 is 5.73 Å². The molecule has 0 spiro atoms. The van der Waals surface area contributed by atoms with Crippen molar-refractivity contribution in [3.8, 4) is 0 Å². The number of hydrogen-bond acceptors (Lipinski definition) is 1. The second-order valence-electron chi connectivity index (χ2n) is 3.50. The predicted molar refractivity (Wildman–Crippen MR) is 47.3 cm³/mol. The SMILES string of the molecule is CC(N)CC(C)CCCCF. The molecule has 0 aliphatic rings. The molecule has 2 unspecified atom stereocenters. The van der Waals surface area contributed by atoms with Crippen LogP contribution in [0.5, 0.6) is 0 Å². The molecule has 0 heterocycles. The van der Waals surface area contributed by atoms with Crippen LogP contribution in [-0.4, -0.2) is 12.7 Å². The molecule has 2 atom stereocenters. The van der Waals surface area contributed by atoms with Gasteiger partial charge in [0.15, 0.2) is 0 Å². The Morgan fingerprint density at radius 2 is 1.91 bits per heavy atom. The second-order valence-corrected chi connectivity index (χ2v) is 3.50. The monoisotopic (exact) mass is 161 g/mol. The Morgan fingerprint density at radius 3 is 2.36 bits per heavy atom. The van der Waals surface area contributed by atoms with E-state index in [1.54, 1.807) is 0 Å². The first kappa shape index (κ1) is 10.9. The van der Waals surface area contributed by atoms with Gasteiger partial charge in [0.1, 0.15) is 0 Å². The van der Waals surface area contributed by atoms with Crippen molar-refractivity contribution in [1.82, 2.24) is 0 Å². The molecule has 0 fully saturated rings. The molecular weight excluding hydrogens is 141 g/mol. The summed E-state index contributed by atoms with van der Waals surface area (Å²) in [6.07, 6.45) is 3.89. The van der Waals surface area contributed by atoms with E-state index in [0.717, 1.165) is 19.3 Å². The van der Waals surface area contributed by atoms with Gasteiger partial charge in [-0.1, -0.05) is 19.8 Å². The third-order valence-electron chi connectivity index (χ3n) is 1.85. The molecule has 0 aromatic rings. The Labute approximate surface area is 69.2 Å². The Kier molecular flexibility index (Phi) is 6.52. The molecule has 0 aromatic heterocycles. The van der Waals surface area contributed by atoms with Crippen molar-refractivity contribution >= 4 is 0 Å². The van der Waals surface area contributed by atoms with Gasteiger partial charge in [-0.15, -0.1) is 0 Å². The van der Waals surface area contributed by atoms with Gasteiger partial charge in [-0.05, 0) is 25.7 Å². The molecule has 0 aromatic carbocycles. The van der Waals surface area contributed by atoms with Crippen LogP contribution in [0.25, 0.3) is 0 Å². The molecule has 1 nitrogen and oxygen atoms in total. The molecule has 2 heteroatoms. The van der Waals surface area contributed by atoms with Crippen molar-refractivity contribution in [2.24, 2.45) is 11.7 Å². The zero-order valence-corrected chi connectivity index (χ0v) is 7.65. The van der Waals surface area contributed by atoms with Crippen LogP contribution in [0.3, 0.4) is 0 Å². The fourth-order valence-electron chi connectivity index (χ4n) is 1.34. The number of halogens is 1. The average molecular weight is 161 g/mol. The molecule has 68 valence electrons. The molecule has 2 N–H and O–H groups in total.